The maximum absolute atomic E-state index is 15.2. The maximum atomic E-state index is 15.2. The molecule has 0 N–H and O–H groups in total. The Kier molecular flexibility index (Phi) is 7.62. The Morgan fingerprint density at radius 2 is 1.85 bits per heavy atom. The van der Waals surface area contributed by atoms with Gasteiger partial charge in [0, 0.05) is 36.8 Å². The fourth-order valence-corrected chi connectivity index (χ4v) is 3.63. The van der Waals surface area contributed by atoms with Gasteiger partial charge in [-0.2, -0.15) is 13.2 Å². The fourth-order valence-electron chi connectivity index (χ4n) is 3.63. The van der Waals surface area contributed by atoms with Crippen LogP contribution < -0.4 is 4.74 Å². The van der Waals surface area contributed by atoms with Gasteiger partial charge in [-0.25, -0.2) is 24.1 Å². The second-order valence-corrected chi connectivity index (χ2v) is 9.14. The molecule has 34 heavy (non-hydrogen) atoms. The molecule has 2 aromatic heterocycles. The first-order valence-electron chi connectivity index (χ1n) is 11.0. The molecule has 1 aliphatic rings. The molecular formula is C23H28F4N4O3. The van der Waals surface area contributed by atoms with Crippen LogP contribution in [0.5, 0.6) is 5.88 Å². The van der Waals surface area contributed by atoms with Gasteiger partial charge >= 0.3 is 12.3 Å². The standard InChI is InChI=1S/C23H28F4N4O3/c1-14-28-12-16(17(24)13-33-19-7-5-6-18(30-19)23(25,26)27)20(29-14)15-8-10-31(11-9-15)21(32)34-22(2,3)4/h5-7,12,15,17H,8-11,13H2,1-4H3. The van der Waals surface area contributed by atoms with Gasteiger partial charge in [0.25, 0.3) is 0 Å². The first-order chi connectivity index (χ1) is 15.8. The van der Waals surface area contributed by atoms with Gasteiger partial charge in [-0.1, -0.05) is 6.07 Å². The minimum Gasteiger partial charge on any atom is -0.474 e. The summed E-state index contributed by atoms with van der Waals surface area (Å²) in [7, 11) is 0. The molecular weight excluding hydrogens is 456 g/mol. The number of ether oxygens (including phenoxy) is 2. The van der Waals surface area contributed by atoms with Crippen molar-refractivity contribution >= 4 is 6.09 Å². The molecule has 0 saturated carbocycles. The number of pyridine rings is 1. The number of amides is 1. The van der Waals surface area contributed by atoms with Crippen LogP contribution in [-0.2, 0) is 10.9 Å². The van der Waals surface area contributed by atoms with E-state index in [1.54, 1.807) is 32.6 Å². The molecule has 3 rings (SSSR count). The molecule has 1 fully saturated rings. The Balaban J connectivity index is 1.68. The molecule has 7 nitrogen and oxygen atoms in total. The average molecular weight is 484 g/mol. The van der Waals surface area contributed by atoms with Crippen molar-refractivity contribution in [2.45, 2.75) is 64.4 Å². The lowest BCUT2D eigenvalue weighted by Crippen LogP contribution is -2.41. The molecule has 0 aliphatic carbocycles. The van der Waals surface area contributed by atoms with Gasteiger partial charge in [-0.3, -0.25) is 0 Å². The zero-order chi connectivity index (χ0) is 25.1. The fraction of sp³-hybridized carbons (Fsp3) is 0.565. The molecule has 11 heteroatoms. The van der Waals surface area contributed by atoms with Gasteiger partial charge in [0.1, 0.15) is 23.7 Å². The number of hydrogen-bond acceptors (Lipinski definition) is 6. The SMILES string of the molecule is Cc1ncc(C(F)COc2cccc(C(F)(F)F)n2)c(C2CCN(C(=O)OC(C)(C)C)CC2)n1. The van der Waals surface area contributed by atoms with Gasteiger partial charge in [-0.15, -0.1) is 0 Å². The zero-order valence-electron chi connectivity index (χ0n) is 19.5. The smallest absolute Gasteiger partial charge is 0.433 e. The summed E-state index contributed by atoms with van der Waals surface area (Å²) in [5.74, 6) is 0.0408. The molecule has 1 saturated heterocycles. The number of rotatable bonds is 5. The van der Waals surface area contributed by atoms with Crippen molar-refractivity contribution in [3.05, 3.63) is 47.2 Å². The number of hydrogen-bond donors (Lipinski definition) is 0. The molecule has 1 unspecified atom stereocenters. The van der Waals surface area contributed by atoms with Crippen LogP contribution in [0.4, 0.5) is 22.4 Å². The number of carbonyl (C=O) groups excluding carboxylic acids is 1. The number of aromatic nitrogens is 3. The molecule has 2 aromatic rings. The zero-order valence-corrected chi connectivity index (χ0v) is 19.5. The van der Waals surface area contributed by atoms with E-state index in [1.165, 1.54) is 12.3 Å². The normalized spacial score (nSPS) is 16.3. The Hall–Kier alpha value is -2.98. The van der Waals surface area contributed by atoms with E-state index >= 15 is 4.39 Å². The molecule has 1 atom stereocenters. The molecule has 0 aromatic carbocycles. The Morgan fingerprint density at radius 1 is 1.18 bits per heavy atom. The van der Waals surface area contributed by atoms with Crippen LogP contribution in [0.1, 0.15) is 68.5 Å². The van der Waals surface area contributed by atoms with Crippen LogP contribution in [-0.4, -0.2) is 51.2 Å². The lowest BCUT2D eigenvalue weighted by Gasteiger charge is -2.34. The van der Waals surface area contributed by atoms with E-state index in [0.717, 1.165) is 12.1 Å². The van der Waals surface area contributed by atoms with E-state index in [9.17, 15) is 18.0 Å². The van der Waals surface area contributed by atoms with Crippen molar-refractivity contribution in [3.8, 4) is 5.88 Å². The summed E-state index contributed by atoms with van der Waals surface area (Å²) >= 11 is 0. The van der Waals surface area contributed by atoms with E-state index < -0.39 is 36.3 Å². The number of alkyl halides is 4. The summed E-state index contributed by atoms with van der Waals surface area (Å²) in [6.07, 6.45) is -4.19. The molecule has 0 radical (unpaired) electrons. The van der Waals surface area contributed by atoms with Crippen LogP contribution in [0.3, 0.4) is 0 Å². The predicted molar refractivity (Wildman–Crippen MR) is 115 cm³/mol. The number of halogens is 4. The van der Waals surface area contributed by atoms with Gasteiger partial charge < -0.3 is 14.4 Å². The summed E-state index contributed by atoms with van der Waals surface area (Å²) < 4.78 is 64.3. The molecule has 0 spiro atoms. The molecule has 1 amide bonds. The second kappa shape index (κ2) is 10.1. The van der Waals surface area contributed by atoms with Crippen molar-refractivity contribution in [1.29, 1.82) is 0 Å². The van der Waals surface area contributed by atoms with Crippen LogP contribution in [0.2, 0.25) is 0 Å². The number of aryl methyl sites for hydroxylation is 1. The van der Waals surface area contributed by atoms with Crippen LogP contribution in [0, 0.1) is 6.92 Å². The second-order valence-electron chi connectivity index (χ2n) is 9.14. The largest absolute Gasteiger partial charge is 0.474 e. The van der Waals surface area contributed by atoms with E-state index in [4.69, 9.17) is 9.47 Å². The van der Waals surface area contributed by atoms with Crippen molar-refractivity contribution in [3.63, 3.8) is 0 Å². The highest BCUT2D eigenvalue weighted by molar-refractivity contribution is 5.68. The van der Waals surface area contributed by atoms with E-state index in [-0.39, 0.29) is 17.4 Å². The third-order valence-corrected chi connectivity index (χ3v) is 5.23. The van der Waals surface area contributed by atoms with E-state index in [0.29, 0.717) is 37.4 Å². The summed E-state index contributed by atoms with van der Waals surface area (Å²) in [6.45, 7) is 7.42. The Morgan fingerprint density at radius 3 is 2.47 bits per heavy atom. The van der Waals surface area contributed by atoms with Crippen molar-refractivity contribution in [1.82, 2.24) is 19.9 Å². The van der Waals surface area contributed by atoms with E-state index in [2.05, 4.69) is 15.0 Å². The summed E-state index contributed by atoms with van der Waals surface area (Å²) in [6, 6.07) is 3.20. The number of piperidine rings is 1. The highest BCUT2D eigenvalue weighted by Crippen LogP contribution is 2.34. The predicted octanol–water partition coefficient (Wildman–Crippen LogP) is 5.40. The van der Waals surface area contributed by atoms with Crippen LogP contribution in [0.25, 0.3) is 0 Å². The molecule has 0 bridgehead atoms. The molecule has 186 valence electrons. The number of nitrogens with zero attached hydrogens (tertiary/aromatic N) is 4. The monoisotopic (exact) mass is 484 g/mol. The lowest BCUT2D eigenvalue weighted by atomic mass is 9.90. The Bertz CT molecular complexity index is 1000. The van der Waals surface area contributed by atoms with Crippen LogP contribution >= 0.6 is 0 Å². The van der Waals surface area contributed by atoms with Gasteiger partial charge in [0.15, 0.2) is 6.17 Å². The lowest BCUT2D eigenvalue weighted by molar-refractivity contribution is -0.141. The minimum atomic E-state index is -4.62. The van der Waals surface area contributed by atoms with Gasteiger partial charge in [0.05, 0.1) is 5.69 Å². The van der Waals surface area contributed by atoms with Gasteiger partial charge in [0.2, 0.25) is 5.88 Å². The highest BCUT2D eigenvalue weighted by Gasteiger charge is 2.33. The summed E-state index contributed by atoms with van der Waals surface area (Å²) in [5.41, 5.74) is -0.977. The number of carbonyl (C=O) groups is 1. The van der Waals surface area contributed by atoms with Crippen molar-refractivity contribution < 1.29 is 31.8 Å². The average Bonchev–Trinajstić information content (AvgIpc) is 2.76. The summed E-state index contributed by atoms with van der Waals surface area (Å²) in [4.78, 5) is 25.9. The summed E-state index contributed by atoms with van der Waals surface area (Å²) in [5, 5.41) is 0. The topological polar surface area (TPSA) is 77.4 Å². The van der Waals surface area contributed by atoms with Crippen molar-refractivity contribution in [2.24, 2.45) is 0 Å². The van der Waals surface area contributed by atoms with Gasteiger partial charge in [-0.05, 0) is 46.6 Å². The maximum Gasteiger partial charge on any atom is 0.433 e. The first kappa shape index (κ1) is 25.6. The number of likely N-dealkylation sites (tertiary alicyclic amines) is 1. The highest BCUT2D eigenvalue weighted by atomic mass is 19.4. The van der Waals surface area contributed by atoms with Crippen molar-refractivity contribution in [2.75, 3.05) is 19.7 Å². The van der Waals surface area contributed by atoms with Crippen LogP contribution in [0.15, 0.2) is 24.4 Å². The molecule has 1 aliphatic heterocycles. The first-order valence-corrected chi connectivity index (χ1v) is 11.0. The third kappa shape index (κ3) is 6.77. The Labute approximate surface area is 195 Å². The molecule has 3 heterocycles. The third-order valence-electron chi connectivity index (χ3n) is 5.23. The minimum absolute atomic E-state index is 0.111. The quantitative estimate of drug-likeness (QED) is 0.529. The van der Waals surface area contributed by atoms with E-state index in [1.807, 2.05) is 0 Å².